The predicted octanol–water partition coefficient (Wildman–Crippen LogP) is 4.22. The fourth-order valence-corrected chi connectivity index (χ4v) is 3.47. The second-order valence-corrected chi connectivity index (χ2v) is 7.12. The summed E-state index contributed by atoms with van der Waals surface area (Å²) in [5, 5.41) is 4.00. The number of carbonyl (C=O) groups excluding carboxylic acids is 1. The van der Waals surface area contributed by atoms with Gasteiger partial charge in [-0.15, -0.1) is 0 Å². The van der Waals surface area contributed by atoms with Crippen molar-refractivity contribution in [2.45, 2.75) is 30.5 Å². The Bertz CT molecular complexity index is 467. The number of benzene rings is 1. The van der Waals surface area contributed by atoms with E-state index in [4.69, 9.17) is 23.2 Å². The number of nitrogens with one attached hydrogen (secondary N) is 1. The number of rotatable bonds is 4. The van der Waals surface area contributed by atoms with Gasteiger partial charge in [0, 0.05) is 11.4 Å². The van der Waals surface area contributed by atoms with Crippen LogP contribution < -0.4 is 5.32 Å². The Morgan fingerprint density at radius 2 is 2.11 bits per heavy atom. The first-order chi connectivity index (χ1) is 9.04. The predicted molar refractivity (Wildman–Crippen MR) is 83.2 cm³/mol. The Morgan fingerprint density at radius 3 is 2.74 bits per heavy atom. The fraction of sp³-hybridized carbons (Fsp3) is 0.500. The highest BCUT2D eigenvalue weighted by Gasteiger charge is 2.22. The van der Waals surface area contributed by atoms with Crippen molar-refractivity contribution < 1.29 is 4.79 Å². The molecule has 2 nitrogen and oxygen atoms in total. The van der Waals surface area contributed by atoms with Crippen molar-refractivity contribution in [1.82, 2.24) is 5.32 Å². The second kappa shape index (κ2) is 6.96. The lowest BCUT2D eigenvalue weighted by molar-refractivity contribution is -0.120. The van der Waals surface area contributed by atoms with Crippen LogP contribution >= 0.6 is 39.1 Å². The smallest absolute Gasteiger partial charge is 0.224 e. The molecule has 1 aliphatic rings. The molecule has 0 bridgehead atoms. The van der Waals surface area contributed by atoms with Crippen molar-refractivity contribution in [3.8, 4) is 0 Å². The van der Waals surface area contributed by atoms with Gasteiger partial charge in [0.05, 0.1) is 16.5 Å². The molecule has 2 unspecified atom stereocenters. The number of alkyl halides is 1. The summed E-state index contributed by atoms with van der Waals surface area (Å²) in [7, 11) is 0. The monoisotopic (exact) mass is 363 g/mol. The lowest BCUT2D eigenvalue weighted by Gasteiger charge is -2.11. The molecule has 1 aliphatic carbocycles. The minimum atomic E-state index is 0.0383. The molecule has 2 atom stereocenters. The van der Waals surface area contributed by atoms with Crippen molar-refractivity contribution in [3.05, 3.63) is 33.8 Å². The zero-order valence-corrected chi connectivity index (χ0v) is 13.6. The normalized spacial score (nSPS) is 22.5. The third-order valence-electron chi connectivity index (χ3n) is 3.41. The summed E-state index contributed by atoms with van der Waals surface area (Å²) in [5.74, 6) is 0.638. The lowest BCUT2D eigenvalue weighted by Crippen LogP contribution is -2.29. The van der Waals surface area contributed by atoms with Gasteiger partial charge in [0.25, 0.3) is 0 Å². The number of amides is 1. The highest BCUT2D eigenvalue weighted by atomic mass is 79.9. The van der Waals surface area contributed by atoms with E-state index in [0.717, 1.165) is 18.5 Å². The maximum Gasteiger partial charge on any atom is 0.224 e. The fourth-order valence-electron chi connectivity index (χ4n) is 2.35. The molecule has 19 heavy (non-hydrogen) atoms. The first-order valence-corrected chi connectivity index (χ1v) is 8.06. The van der Waals surface area contributed by atoms with Gasteiger partial charge in [-0.05, 0) is 42.9 Å². The molecule has 1 amide bonds. The molecule has 1 saturated carbocycles. The van der Waals surface area contributed by atoms with Crippen LogP contribution in [0.15, 0.2) is 18.2 Å². The van der Waals surface area contributed by atoms with Crippen LogP contribution in [-0.2, 0) is 11.2 Å². The Balaban J connectivity index is 1.79. The zero-order chi connectivity index (χ0) is 13.8. The third-order valence-corrected chi connectivity index (χ3v) is 4.98. The van der Waals surface area contributed by atoms with Crippen molar-refractivity contribution in [2.24, 2.45) is 5.92 Å². The Kier molecular flexibility index (Phi) is 5.55. The molecular formula is C14H16BrCl2NO. The minimum Gasteiger partial charge on any atom is -0.356 e. The molecule has 2 rings (SSSR count). The SMILES string of the molecule is O=C(Cc1ccc(Cl)c(Cl)c1)NCC1CCC(Br)C1. The molecule has 5 heteroatoms. The Morgan fingerprint density at radius 1 is 1.32 bits per heavy atom. The van der Waals surface area contributed by atoms with Gasteiger partial charge >= 0.3 is 0 Å². The largest absolute Gasteiger partial charge is 0.356 e. The molecular weight excluding hydrogens is 349 g/mol. The molecule has 1 aromatic carbocycles. The van der Waals surface area contributed by atoms with E-state index in [1.54, 1.807) is 12.1 Å². The van der Waals surface area contributed by atoms with Crippen LogP contribution in [0.1, 0.15) is 24.8 Å². The molecule has 1 N–H and O–H groups in total. The molecule has 104 valence electrons. The van der Waals surface area contributed by atoms with Crippen LogP contribution in [0.3, 0.4) is 0 Å². The van der Waals surface area contributed by atoms with Gasteiger partial charge in [0.2, 0.25) is 5.91 Å². The first kappa shape index (κ1) is 15.1. The summed E-state index contributed by atoms with van der Waals surface area (Å²) in [6.07, 6.45) is 3.88. The number of halogens is 3. The quantitative estimate of drug-likeness (QED) is 0.796. The van der Waals surface area contributed by atoms with Crippen molar-refractivity contribution in [2.75, 3.05) is 6.54 Å². The van der Waals surface area contributed by atoms with Crippen molar-refractivity contribution >= 4 is 45.0 Å². The van der Waals surface area contributed by atoms with E-state index in [9.17, 15) is 4.79 Å². The summed E-state index contributed by atoms with van der Waals surface area (Å²) >= 11 is 15.4. The molecule has 0 saturated heterocycles. The van der Waals surface area contributed by atoms with Crippen LogP contribution in [0, 0.1) is 5.92 Å². The summed E-state index contributed by atoms with van der Waals surface area (Å²) in [6.45, 7) is 0.766. The van der Waals surface area contributed by atoms with Crippen molar-refractivity contribution in [3.63, 3.8) is 0 Å². The van der Waals surface area contributed by atoms with Crippen LogP contribution in [-0.4, -0.2) is 17.3 Å². The van der Waals surface area contributed by atoms with Gasteiger partial charge in [-0.2, -0.15) is 0 Å². The van der Waals surface area contributed by atoms with E-state index in [1.807, 2.05) is 6.07 Å². The molecule has 1 aromatic rings. The third kappa shape index (κ3) is 4.66. The Labute approximate surface area is 132 Å². The molecule has 0 aromatic heterocycles. The van der Waals surface area contributed by atoms with E-state index >= 15 is 0 Å². The lowest BCUT2D eigenvalue weighted by atomic mass is 10.1. The average molecular weight is 365 g/mol. The van der Waals surface area contributed by atoms with E-state index < -0.39 is 0 Å². The molecule has 0 aliphatic heterocycles. The molecule has 0 radical (unpaired) electrons. The highest BCUT2D eigenvalue weighted by Crippen LogP contribution is 2.30. The molecule has 0 heterocycles. The van der Waals surface area contributed by atoms with E-state index in [-0.39, 0.29) is 5.91 Å². The van der Waals surface area contributed by atoms with Gasteiger partial charge < -0.3 is 5.32 Å². The number of hydrogen-bond donors (Lipinski definition) is 1. The van der Waals surface area contributed by atoms with Gasteiger partial charge in [0.1, 0.15) is 0 Å². The minimum absolute atomic E-state index is 0.0383. The maximum absolute atomic E-state index is 11.8. The topological polar surface area (TPSA) is 29.1 Å². The summed E-state index contributed by atoms with van der Waals surface area (Å²) in [4.78, 5) is 12.5. The standard InChI is InChI=1S/C14H16BrCl2NO/c15-11-3-1-10(5-11)8-18-14(19)7-9-2-4-12(16)13(17)6-9/h2,4,6,10-11H,1,3,5,7-8H2,(H,18,19). The van der Waals surface area contributed by atoms with Crippen molar-refractivity contribution in [1.29, 1.82) is 0 Å². The van der Waals surface area contributed by atoms with E-state index in [1.165, 1.54) is 12.8 Å². The average Bonchev–Trinajstić information content (AvgIpc) is 2.77. The summed E-state index contributed by atoms with van der Waals surface area (Å²) in [5.41, 5.74) is 0.886. The number of carbonyl (C=O) groups is 1. The van der Waals surface area contributed by atoms with Crippen LogP contribution in [0.5, 0.6) is 0 Å². The Hall–Kier alpha value is -0.250. The molecule has 0 spiro atoms. The van der Waals surface area contributed by atoms with Crippen LogP contribution in [0.4, 0.5) is 0 Å². The van der Waals surface area contributed by atoms with Crippen LogP contribution in [0.2, 0.25) is 10.0 Å². The van der Waals surface area contributed by atoms with Gasteiger partial charge in [-0.3, -0.25) is 4.79 Å². The molecule has 1 fully saturated rings. The van der Waals surface area contributed by atoms with E-state index in [2.05, 4.69) is 21.2 Å². The summed E-state index contributed by atoms with van der Waals surface area (Å²) < 4.78 is 0. The second-order valence-electron chi connectivity index (χ2n) is 5.01. The highest BCUT2D eigenvalue weighted by molar-refractivity contribution is 9.09. The van der Waals surface area contributed by atoms with Gasteiger partial charge in [-0.25, -0.2) is 0 Å². The maximum atomic E-state index is 11.8. The van der Waals surface area contributed by atoms with Gasteiger partial charge in [-0.1, -0.05) is 45.2 Å². The van der Waals surface area contributed by atoms with Crippen LogP contribution in [0.25, 0.3) is 0 Å². The number of hydrogen-bond acceptors (Lipinski definition) is 1. The summed E-state index contributed by atoms with van der Waals surface area (Å²) in [6, 6.07) is 5.30. The zero-order valence-electron chi connectivity index (χ0n) is 10.5. The van der Waals surface area contributed by atoms with E-state index in [0.29, 0.717) is 27.2 Å². The van der Waals surface area contributed by atoms with Gasteiger partial charge in [0.15, 0.2) is 0 Å². The first-order valence-electron chi connectivity index (χ1n) is 6.39.